The summed E-state index contributed by atoms with van der Waals surface area (Å²) in [6, 6.07) is 12.1. The van der Waals surface area contributed by atoms with E-state index in [4.69, 9.17) is 4.74 Å². The Labute approximate surface area is 129 Å². The van der Waals surface area contributed by atoms with E-state index in [2.05, 4.69) is 27.4 Å². The molecule has 4 heteroatoms. The van der Waals surface area contributed by atoms with E-state index in [-0.39, 0.29) is 6.10 Å². The Bertz CT molecular complexity index is 783. The number of pyridine rings is 2. The summed E-state index contributed by atoms with van der Waals surface area (Å²) in [4.78, 5) is 8.77. The first-order valence-corrected chi connectivity index (χ1v) is 7.57. The molecule has 1 saturated heterocycles. The first-order chi connectivity index (χ1) is 10.9. The minimum absolute atomic E-state index is 0.262. The fourth-order valence-electron chi connectivity index (χ4n) is 2.86. The van der Waals surface area contributed by atoms with Gasteiger partial charge in [0.15, 0.2) is 0 Å². The summed E-state index contributed by atoms with van der Waals surface area (Å²) in [7, 11) is 0. The van der Waals surface area contributed by atoms with Crippen LogP contribution in [-0.2, 0) is 0 Å². The molecule has 3 heterocycles. The molecule has 3 aromatic rings. The van der Waals surface area contributed by atoms with Crippen LogP contribution in [0, 0.1) is 0 Å². The average molecular weight is 291 g/mol. The predicted molar refractivity (Wildman–Crippen MR) is 86.9 cm³/mol. The van der Waals surface area contributed by atoms with Crippen molar-refractivity contribution in [1.29, 1.82) is 0 Å². The molecule has 1 aliphatic heterocycles. The predicted octanol–water partition coefficient (Wildman–Crippen LogP) is 3.04. The highest BCUT2D eigenvalue weighted by Crippen LogP contribution is 2.29. The van der Waals surface area contributed by atoms with Crippen LogP contribution in [0.3, 0.4) is 0 Å². The molecule has 0 bridgehead atoms. The lowest BCUT2D eigenvalue weighted by Crippen LogP contribution is -2.19. The molecule has 4 rings (SSSR count). The zero-order valence-electron chi connectivity index (χ0n) is 12.2. The maximum absolute atomic E-state index is 6.07. The second kappa shape index (κ2) is 5.73. The summed E-state index contributed by atoms with van der Waals surface area (Å²) in [5.74, 6) is 0.907. The molecule has 0 saturated carbocycles. The molecule has 1 fully saturated rings. The number of nitrogens with one attached hydrogen (secondary N) is 1. The van der Waals surface area contributed by atoms with Crippen molar-refractivity contribution in [3.8, 4) is 17.0 Å². The third-order valence-corrected chi connectivity index (χ3v) is 3.99. The molecule has 4 nitrogen and oxygen atoms in total. The minimum atomic E-state index is 0.262. The van der Waals surface area contributed by atoms with E-state index in [1.165, 1.54) is 0 Å². The molecule has 2 aromatic heterocycles. The van der Waals surface area contributed by atoms with Crippen LogP contribution < -0.4 is 10.1 Å². The normalized spacial score (nSPS) is 17.7. The Balaban J connectivity index is 1.77. The first-order valence-electron chi connectivity index (χ1n) is 7.57. The SMILES string of the molecule is c1ccc(-c2cncc3ccc(O[C@H]4CCNC4)cc23)nc1. The van der Waals surface area contributed by atoms with Crippen molar-refractivity contribution >= 4 is 10.8 Å². The number of hydrogen-bond acceptors (Lipinski definition) is 4. The third kappa shape index (κ3) is 2.53. The molecule has 22 heavy (non-hydrogen) atoms. The van der Waals surface area contributed by atoms with E-state index in [0.717, 1.165) is 47.3 Å². The van der Waals surface area contributed by atoms with E-state index in [0.29, 0.717) is 0 Å². The molecule has 1 aliphatic rings. The monoisotopic (exact) mass is 291 g/mol. The lowest BCUT2D eigenvalue weighted by atomic mass is 10.0. The van der Waals surface area contributed by atoms with Gasteiger partial charge >= 0.3 is 0 Å². The van der Waals surface area contributed by atoms with Gasteiger partial charge in [-0.15, -0.1) is 0 Å². The van der Waals surface area contributed by atoms with Crippen molar-refractivity contribution in [3.05, 3.63) is 55.0 Å². The minimum Gasteiger partial charge on any atom is -0.489 e. The van der Waals surface area contributed by atoms with Gasteiger partial charge in [0.05, 0.1) is 5.69 Å². The van der Waals surface area contributed by atoms with Crippen LogP contribution in [0.15, 0.2) is 55.0 Å². The Kier molecular flexibility index (Phi) is 3.45. The highest BCUT2D eigenvalue weighted by Gasteiger charge is 2.16. The Morgan fingerprint density at radius 1 is 1.14 bits per heavy atom. The Morgan fingerprint density at radius 3 is 2.95 bits per heavy atom. The molecule has 0 unspecified atom stereocenters. The number of nitrogens with zero attached hydrogens (tertiary/aromatic N) is 2. The van der Waals surface area contributed by atoms with Gasteiger partial charge < -0.3 is 10.1 Å². The largest absolute Gasteiger partial charge is 0.489 e. The number of hydrogen-bond donors (Lipinski definition) is 1. The van der Waals surface area contributed by atoms with E-state index >= 15 is 0 Å². The number of aromatic nitrogens is 2. The topological polar surface area (TPSA) is 47.0 Å². The fraction of sp³-hybridized carbons (Fsp3) is 0.222. The smallest absolute Gasteiger partial charge is 0.120 e. The van der Waals surface area contributed by atoms with Crippen LogP contribution in [0.5, 0.6) is 5.75 Å². The quantitative estimate of drug-likeness (QED) is 0.805. The molecule has 1 atom stereocenters. The Hall–Kier alpha value is -2.46. The second-order valence-electron chi connectivity index (χ2n) is 5.52. The van der Waals surface area contributed by atoms with Crippen molar-refractivity contribution in [2.24, 2.45) is 0 Å². The van der Waals surface area contributed by atoms with E-state index < -0.39 is 0 Å². The maximum Gasteiger partial charge on any atom is 0.120 e. The third-order valence-electron chi connectivity index (χ3n) is 3.99. The Morgan fingerprint density at radius 2 is 2.14 bits per heavy atom. The highest BCUT2D eigenvalue weighted by molar-refractivity contribution is 5.95. The van der Waals surface area contributed by atoms with Crippen LogP contribution in [-0.4, -0.2) is 29.2 Å². The zero-order valence-corrected chi connectivity index (χ0v) is 12.2. The van der Waals surface area contributed by atoms with Crippen LogP contribution in [0.4, 0.5) is 0 Å². The van der Waals surface area contributed by atoms with Crippen molar-refractivity contribution in [2.45, 2.75) is 12.5 Å². The second-order valence-corrected chi connectivity index (χ2v) is 5.52. The average Bonchev–Trinajstić information content (AvgIpc) is 3.08. The van der Waals surface area contributed by atoms with Crippen LogP contribution in [0.2, 0.25) is 0 Å². The number of ether oxygens (including phenoxy) is 1. The van der Waals surface area contributed by atoms with Crippen LogP contribution in [0.1, 0.15) is 6.42 Å². The molecule has 0 aliphatic carbocycles. The summed E-state index contributed by atoms with van der Waals surface area (Å²) < 4.78 is 6.07. The molecule has 0 amide bonds. The van der Waals surface area contributed by atoms with Gasteiger partial charge in [-0.1, -0.05) is 6.07 Å². The van der Waals surface area contributed by atoms with E-state index in [1.807, 2.05) is 36.7 Å². The van der Waals surface area contributed by atoms with E-state index in [9.17, 15) is 0 Å². The van der Waals surface area contributed by atoms with Gasteiger partial charge in [0.1, 0.15) is 11.9 Å². The van der Waals surface area contributed by atoms with Crippen molar-refractivity contribution < 1.29 is 4.74 Å². The van der Waals surface area contributed by atoms with Gasteiger partial charge in [-0.05, 0) is 48.7 Å². The zero-order chi connectivity index (χ0) is 14.8. The lowest BCUT2D eigenvalue weighted by Gasteiger charge is -2.14. The van der Waals surface area contributed by atoms with Gasteiger partial charge in [-0.2, -0.15) is 0 Å². The molecular formula is C18H17N3O. The molecule has 1 N–H and O–H groups in total. The molecule has 1 aromatic carbocycles. The first kappa shape index (κ1) is 13.2. The molecule has 110 valence electrons. The summed E-state index contributed by atoms with van der Waals surface area (Å²) >= 11 is 0. The molecular weight excluding hydrogens is 274 g/mol. The highest BCUT2D eigenvalue weighted by atomic mass is 16.5. The number of benzene rings is 1. The number of fused-ring (bicyclic) bond motifs is 1. The lowest BCUT2D eigenvalue weighted by molar-refractivity contribution is 0.223. The van der Waals surface area contributed by atoms with Crippen LogP contribution >= 0.6 is 0 Å². The molecule has 0 radical (unpaired) electrons. The maximum atomic E-state index is 6.07. The van der Waals surface area contributed by atoms with Gasteiger partial charge in [-0.25, -0.2) is 0 Å². The van der Waals surface area contributed by atoms with Gasteiger partial charge in [0.25, 0.3) is 0 Å². The summed E-state index contributed by atoms with van der Waals surface area (Å²) in [5.41, 5.74) is 1.97. The fourth-order valence-corrected chi connectivity index (χ4v) is 2.86. The van der Waals surface area contributed by atoms with Gasteiger partial charge in [0.2, 0.25) is 0 Å². The summed E-state index contributed by atoms with van der Waals surface area (Å²) in [6.07, 6.45) is 6.87. The van der Waals surface area contributed by atoms with Crippen molar-refractivity contribution in [1.82, 2.24) is 15.3 Å². The van der Waals surface area contributed by atoms with Crippen molar-refractivity contribution in [2.75, 3.05) is 13.1 Å². The molecule has 0 spiro atoms. The van der Waals surface area contributed by atoms with Gasteiger partial charge in [0, 0.05) is 36.1 Å². The standard InChI is InChI=1S/C18H17N3O/c1-2-7-21-18(3-1)17-12-20-10-13-4-5-14(9-16(13)17)22-15-6-8-19-11-15/h1-5,7,9-10,12,15,19H,6,8,11H2/t15-/m0/s1. The number of rotatable bonds is 3. The van der Waals surface area contributed by atoms with Crippen LogP contribution in [0.25, 0.3) is 22.0 Å². The summed E-state index contributed by atoms with van der Waals surface area (Å²) in [6.45, 7) is 1.95. The van der Waals surface area contributed by atoms with E-state index in [1.54, 1.807) is 6.20 Å². The van der Waals surface area contributed by atoms with Gasteiger partial charge in [-0.3, -0.25) is 9.97 Å². The van der Waals surface area contributed by atoms with Crippen molar-refractivity contribution in [3.63, 3.8) is 0 Å². The summed E-state index contributed by atoms with van der Waals surface area (Å²) in [5, 5.41) is 5.54.